The van der Waals surface area contributed by atoms with Crippen molar-refractivity contribution in [3.05, 3.63) is 29.8 Å². The molecule has 0 spiro atoms. The summed E-state index contributed by atoms with van der Waals surface area (Å²) in [4.78, 5) is 0.403. The summed E-state index contributed by atoms with van der Waals surface area (Å²) in [6.07, 6.45) is 1.22. The zero-order valence-corrected chi connectivity index (χ0v) is 12.7. The van der Waals surface area contributed by atoms with Gasteiger partial charge in [0.2, 0.25) is 0 Å². The number of sulfone groups is 1. The second kappa shape index (κ2) is 5.23. The number of hydrogen-bond acceptors (Lipinski definition) is 2. The molecule has 1 rings (SSSR count). The standard InChI is InChI=1S/C8H9O2S.BrH.Zn/c1-7-3-5-8(6-4-7)11(2,9)10;;/h3-6H,1H2,2H3;1H;/q;;+1/p-1. The van der Waals surface area contributed by atoms with E-state index >= 15 is 0 Å². The molecule has 1 aromatic carbocycles. The van der Waals surface area contributed by atoms with Crippen molar-refractivity contribution in [2.24, 2.45) is 0 Å². The van der Waals surface area contributed by atoms with Gasteiger partial charge in [0.05, 0.1) is 0 Å². The van der Waals surface area contributed by atoms with E-state index in [0.717, 1.165) is 5.02 Å². The van der Waals surface area contributed by atoms with Crippen molar-refractivity contribution in [3.8, 4) is 0 Å². The monoisotopic (exact) mass is 312 g/mol. The Morgan fingerprint density at radius 2 is 1.69 bits per heavy atom. The molecule has 0 aliphatic carbocycles. The summed E-state index contributed by atoms with van der Waals surface area (Å²) >= 11 is 1.21. The topological polar surface area (TPSA) is 34.1 Å². The number of benzene rings is 1. The van der Waals surface area contributed by atoms with Crippen LogP contribution in [-0.2, 0) is 33.2 Å². The van der Waals surface area contributed by atoms with Crippen LogP contribution in [-0.4, -0.2) is 14.7 Å². The van der Waals surface area contributed by atoms with Gasteiger partial charge in [-0.15, -0.1) is 0 Å². The molecule has 0 amide bonds. The van der Waals surface area contributed by atoms with Crippen LogP contribution < -0.4 is 17.0 Å². The Kier molecular flexibility index (Phi) is 5.34. The van der Waals surface area contributed by atoms with Crippen LogP contribution in [0.5, 0.6) is 0 Å². The second-order valence-electron chi connectivity index (χ2n) is 2.67. The SMILES string of the molecule is CS(=O)(=O)c1ccc([CH2][Zn+])cc1.[Br-]. The summed E-state index contributed by atoms with van der Waals surface area (Å²) in [7, 11) is -3.02. The van der Waals surface area contributed by atoms with Crippen LogP contribution in [0.1, 0.15) is 5.56 Å². The molecule has 13 heavy (non-hydrogen) atoms. The second-order valence-corrected chi connectivity index (χ2v) is 5.73. The number of rotatable bonds is 2. The van der Waals surface area contributed by atoms with Crippen molar-refractivity contribution in [1.82, 2.24) is 0 Å². The molecule has 0 fully saturated rings. The Morgan fingerprint density at radius 1 is 1.23 bits per heavy atom. The number of halogens is 1. The van der Waals surface area contributed by atoms with Gasteiger partial charge in [-0.1, -0.05) is 0 Å². The fraction of sp³-hybridized carbons (Fsp3) is 0.250. The quantitative estimate of drug-likeness (QED) is 0.600. The van der Waals surface area contributed by atoms with Crippen molar-refractivity contribution in [2.75, 3.05) is 6.26 Å². The normalized spacial score (nSPS) is 10.7. The van der Waals surface area contributed by atoms with Crippen LogP contribution in [0.3, 0.4) is 0 Å². The Balaban J connectivity index is 0.00000144. The first-order valence-electron chi connectivity index (χ1n) is 3.62. The molecule has 0 bridgehead atoms. The largest absolute Gasteiger partial charge is 1.00 e. The summed E-state index contributed by atoms with van der Waals surface area (Å²) in [5.74, 6) is 0. The molecule has 0 atom stereocenters. The number of hydrogen-bond donors (Lipinski definition) is 0. The van der Waals surface area contributed by atoms with Gasteiger partial charge < -0.3 is 17.0 Å². The van der Waals surface area contributed by atoms with Crippen LogP contribution in [0.25, 0.3) is 0 Å². The maximum atomic E-state index is 11.0. The van der Waals surface area contributed by atoms with Gasteiger partial charge in [0.15, 0.2) is 0 Å². The summed E-state index contributed by atoms with van der Waals surface area (Å²) < 4.78 is 22.1. The first kappa shape index (κ1) is 13.3. The molecule has 0 aliphatic heterocycles. The molecular formula is C8H9BrO2SZn. The molecule has 68 valence electrons. The van der Waals surface area contributed by atoms with Crippen LogP contribution in [0.2, 0.25) is 0 Å². The zero-order chi connectivity index (χ0) is 9.19. The summed E-state index contributed by atoms with van der Waals surface area (Å²) in [6.45, 7) is 0. The maximum Gasteiger partial charge on any atom is -1.00 e. The average Bonchev–Trinajstić information content (AvgIpc) is 2.03. The van der Waals surface area contributed by atoms with E-state index in [0.29, 0.717) is 4.90 Å². The van der Waals surface area contributed by atoms with Gasteiger partial charge in [0, 0.05) is 0 Å². The van der Waals surface area contributed by atoms with E-state index in [2.05, 4.69) is 0 Å². The fourth-order valence-electron chi connectivity index (χ4n) is 0.903. The molecule has 1 aromatic rings. The predicted octanol–water partition coefficient (Wildman–Crippen LogP) is -1.86. The van der Waals surface area contributed by atoms with E-state index in [1.54, 1.807) is 12.1 Å². The molecule has 0 unspecified atom stereocenters. The third kappa shape index (κ3) is 3.88. The summed E-state index contributed by atoms with van der Waals surface area (Å²) in [5.41, 5.74) is 1.21. The Morgan fingerprint density at radius 3 is 2.00 bits per heavy atom. The molecular weight excluding hydrogens is 305 g/mol. The van der Waals surface area contributed by atoms with E-state index in [1.807, 2.05) is 12.1 Å². The molecule has 0 radical (unpaired) electrons. The molecule has 0 saturated heterocycles. The zero-order valence-electron chi connectivity index (χ0n) is 7.33. The van der Waals surface area contributed by atoms with Gasteiger partial charge in [0.1, 0.15) is 0 Å². The molecule has 0 heterocycles. The molecule has 0 aromatic heterocycles. The van der Waals surface area contributed by atoms with Gasteiger partial charge in [-0.25, -0.2) is 0 Å². The summed E-state index contributed by atoms with van der Waals surface area (Å²) in [5, 5.41) is 1.06. The molecule has 0 N–H and O–H groups in total. The van der Waals surface area contributed by atoms with Gasteiger partial charge in [-0.05, 0) is 0 Å². The van der Waals surface area contributed by atoms with Gasteiger partial charge in [-0.3, -0.25) is 0 Å². The van der Waals surface area contributed by atoms with E-state index in [9.17, 15) is 8.42 Å². The van der Waals surface area contributed by atoms with E-state index in [1.165, 1.54) is 30.1 Å². The maximum absolute atomic E-state index is 11.0. The van der Waals surface area contributed by atoms with Gasteiger partial charge >= 0.3 is 82.6 Å². The van der Waals surface area contributed by atoms with Crippen LogP contribution in [0.15, 0.2) is 29.2 Å². The Hall–Kier alpha value is 0.273. The Labute approximate surface area is 99.1 Å². The van der Waals surface area contributed by atoms with Gasteiger partial charge in [-0.2, -0.15) is 0 Å². The molecule has 2 nitrogen and oxygen atoms in total. The van der Waals surface area contributed by atoms with Crippen molar-refractivity contribution in [3.63, 3.8) is 0 Å². The van der Waals surface area contributed by atoms with E-state index in [4.69, 9.17) is 0 Å². The van der Waals surface area contributed by atoms with E-state index < -0.39 is 9.84 Å². The van der Waals surface area contributed by atoms with Crippen molar-refractivity contribution < 1.29 is 43.7 Å². The third-order valence-corrected chi connectivity index (χ3v) is 3.98. The van der Waals surface area contributed by atoms with E-state index in [-0.39, 0.29) is 17.0 Å². The molecule has 0 saturated carbocycles. The van der Waals surface area contributed by atoms with Crippen molar-refractivity contribution >= 4 is 9.84 Å². The first-order valence-corrected chi connectivity index (χ1v) is 7.61. The third-order valence-electron chi connectivity index (χ3n) is 1.64. The average molecular weight is 315 g/mol. The van der Waals surface area contributed by atoms with Crippen molar-refractivity contribution in [1.29, 1.82) is 0 Å². The minimum Gasteiger partial charge on any atom is -1.00 e. The van der Waals surface area contributed by atoms with Crippen LogP contribution in [0, 0.1) is 0 Å². The smallest absolute Gasteiger partial charge is 1.00 e. The van der Waals surface area contributed by atoms with Crippen LogP contribution >= 0.6 is 0 Å². The predicted molar refractivity (Wildman–Crippen MR) is 43.3 cm³/mol. The minimum atomic E-state index is -3.02. The fourth-order valence-corrected chi connectivity index (χ4v) is 2.23. The summed E-state index contributed by atoms with van der Waals surface area (Å²) in [6, 6.07) is 7.08. The van der Waals surface area contributed by atoms with Crippen LogP contribution in [0.4, 0.5) is 0 Å². The Bertz CT molecular complexity index is 358. The first-order chi connectivity index (χ1) is 5.54. The molecule has 5 heteroatoms. The van der Waals surface area contributed by atoms with Gasteiger partial charge in [0.25, 0.3) is 0 Å². The molecule has 0 aliphatic rings. The van der Waals surface area contributed by atoms with Crippen molar-refractivity contribution in [2.45, 2.75) is 9.91 Å². The minimum absolute atomic E-state index is 0.